The molecular weight excluding hydrogens is 205 g/mol. The number of benzene rings is 1. The van der Waals surface area contributed by atoms with Gasteiger partial charge in [0, 0.05) is 19.1 Å². The van der Waals surface area contributed by atoms with Crippen LogP contribution in [-0.2, 0) is 4.74 Å². The quantitative estimate of drug-likeness (QED) is 0.849. The molecule has 0 aliphatic carbocycles. The van der Waals surface area contributed by atoms with Crippen LogP contribution in [0, 0.1) is 18.7 Å². The van der Waals surface area contributed by atoms with Gasteiger partial charge in [0.1, 0.15) is 5.82 Å². The van der Waals surface area contributed by atoms with Crippen LogP contribution in [0.2, 0.25) is 0 Å². The number of halogens is 1. The maximum absolute atomic E-state index is 13.2. The van der Waals surface area contributed by atoms with Crippen molar-refractivity contribution < 1.29 is 9.13 Å². The van der Waals surface area contributed by atoms with Crippen LogP contribution < -0.4 is 5.32 Å². The highest BCUT2D eigenvalue weighted by atomic mass is 19.1. The van der Waals surface area contributed by atoms with E-state index in [4.69, 9.17) is 4.74 Å². The second-order valence-corrected chi connectivity index (χ2v) is 4.41. The van der Waals surface area contributed by atoms with Gasteiger partial charge in [0.15, 0.2) is 0 Å². The molecule has 1 saturated heterocycles. The summed E-state index contributed by atoms with van der Waals surface area (Å²) in [7, 11) is 1.95. The lowest BCUT2D eigenvalue weighted by atomic mass is 9.94. The van der Waals surface area contributed by atoms with Gasteiger partial charge in [-0.15, -0.1) is 0 Å². The first-order valence-electron chi connectivity index (χ1n) is 5.74. The number of ether oxygens (including phenoxy) is 1. The maximum atomic E-state index is 13.2. The van der Waals surface area contributed by atoms with Gasteiger partial charge in [-0.05, 0) is 37.6 Å². The molecule has 0 saturated carbocycles. The van der Waals surface area contributed by atoms with Gasteiger partial charge >= 0.3 is 0 Å². The summed E-state index contributed by atoms with van der Waals surface area (Å²) in [6.45, 7) is 3.54. The van der Waals surface area contributed by atoms with Crippen LogP contribution in [0.5, 0.6) is 0 Å². The molecule has 1 aliphatic heterocycles. The Kier molecular flexibility index (Phi) is 3.56. The van der Waals surface area contributed by atoms with Gasteiger partial charge in [0.05, 0.1) is 6.10 Å². The molecule has 1 aliphatic rings. The summed E-state index contributed by atoms with van der Waals surface area (Å²) in [6, 6.07) is 5.26. The van der Waals surface area contributed by atoms with Crippen LogP contribution in [0.3, 0.4) is 0 Å². The van der Waals surface area contributed by atoms with Crippen molar-refractivity contribution >= 4 is 0 Å². The summed E-state index contributed by atoms with van der Waals surface area (Å²) < 4.78 is 18.9. The Morgan fingerprint density at radius 3 is 3.00 bits per heavy atom. The van der Waals surface area contributed by atoms with Gasteiger partial charge in [0.25, 0.3) is 0 Å². The molecule has 1 N–H and O–H groups in total. The molecule has 0 radical (unpaired) electrons. The van der Waals surface area contributed by atoms with Crippen LogP contribution in [0.25, 0.3) is 0 Å². The lowest BCUT2D eigenvalue weighted by molar-refractivity contribution is 0.0909. The second kappa shape index (κ2) is 4.93. The minimum atomic E-state index is -0.146. The summed E-state index contributed by atoms with van der Waals surface area (Å²) in [5, 5.41) is 3.18. The van der Waals surface area contributed by atoms with Crippen molar-refractivity contribution in [1.29, 1.82) is 0 Å². The first-order valence-corrected chi connectivity index (χ1v) is 5.74. The predicted molar refractivity (Wildman–Crippen MR) is 61.9 cm³/mol. The minimum Gasteiger partial charge on any atom is -0.373 e. The van der Waals surface area contributed by atoms with Crippen LogP contribution in [-0.4, -0.2) is 20.2 Å². The SMILES string of the molecule is CNCC1CCOC1c1ccc(F)c(C)c1. The maximum Gasteiger partial charge on any atom is 0.126 e. The fourth-order valence-electron chi connectivity index (χ4n) is 2.32. The number of hydrogen-bond donors (Lipinski definition) is 1. The third-order valence-electron chi connectivity index (χ3n) is 3.19. The van der Waals surface area contributed by atoms with E-state index in [1.165, 1.54) is 6.07 Å². The molecule has 2 nitrogen and oxygen atoms in total. The van der Waals surface area contributed by atoms with E-state index < -0.39 is 0 Å². The summed E-state index contributed by atoms with van der Waals surface area (Å²) in [5.74, 6) is 0.349. The summed E-state index contributed by atoms with van der Waals surface area (Å²) in [5.41, 5.74) is 1.79. The molecule has 2 atom stereocenters. The van der Waals surface area contributed by atoms with Crippen molar-refractivity contribution in [1.82, 2.24) is 5.32 Å². The average Bonchev–Trinajstić information content (AvgIpc) is 2.71. The third-order valence-corrected chi connectivity index (χ3v) is 3.19. The monoisotopic (exact) mass is 223 g/mol. The third kappa shape index (κ3) is 2.25. The second-order valence-electron chi connectivity index (χ2n) is 4.41. The molecule has 1 heterocycles. The molecule has 0 aromatic heterocycles. The van der Waals surface area contributed by atoms with Gasteiger partial charge in [-0.1, -0.05) is 12.1 Å². The fourth-order valence-corrected chi connectivity index (χ4v) is 2.32. The smallest absolute Gasteiger partial charge is 0.126 e. The molecule has 0 bridgehead atoms. The van der Waals surface area contributed by atoms with Gasteiger partial charge in [-0.3, -0.25) is 0 Å². The Balaban J connectivity index is 2.19. The Bertz CT molecular complexity index is 367. The van der Waals surface area contributed by atoms with E-state index >= 15 is 0 Å². The molecule has 0 spiro atoms. The minimum absolute atomic E-state index is 0.117. The summed E-state index contributed by atoms with van der Waals surface area (Å²) in [6.07, 6.45) is 1.19. The highest BCUT2D eigenvalue weighted by Gasteiger charge is 2.29. The van der Waals surface area contributed by atoms with Crippen molar-refractivity contribution in [3.8, 4) is 0 Å². The Morgan fingerprint density at radius 2 is 2.31 bits per heavy atom. The molecule has 0 amide bonds. The standard InChI is InChI=1S/C13H18FNO/c1-9-7-10(3-4-12(9)14)13-11(8-15-2)5-6-16-13/h3-4,7,11,13,15H,5-6,8H2,1-2H3. The van der Waals surface area contributed by atoms with E-state index in [-0.39, 0.29) is 11.9 Å². The zero-order valence-electron chi connectivity index (χ0n) is 9.79. The fraction of sp³-hybridized carbons (Fsp3) is 0.538. The molecular formula is C13H18FNO. The van der Waals surface area contributed by atoms with Crippen molar-refractivity contribution in [3.05, 3.63) is 35.1 Å². The van der Waals surface area contributed by atoms with Crippen LogP contribution in [0.4, 0.5) is 4.39 Å². The molecule has 3 heteroatoms. The van der Waals surface area contributed by atoms with E-state index in [1.54, 1.807) is 6.92 Å². The highest BCUT2D eigenvalue weighted by molar-refractivity contribution is 5.26. The Hall–Kier alpha value is -0.930. The van der Waals surface area contributed by atoms with Crippen LogP contribution in [0.1, 0.15) is 23.7 Å². The van der Waals surface area contributed by atoms with E-state index in [9.17, 15) is 4.39 Å². The van der Waals surface area contributed by atoms with E-state index in [0.717, 1.165) is 25.1 Å². The number of nitrogens with one attached hydrogen (secondary N) is 1. The van der Waals surface area contributed by atoms with E-state index in [0.29, 0.717) is 11.5 Å². The van der Waals surface area contributed by atoms with Crippen LogP contribution >= 0.6 is 0 Å². The van der Waals surface area contributed by atoms with Gasteiger partial charge in [-0.25, -0.2) is 4.39 Å². The summed E-state index contributed by atoms with van der Waals surface area (Å²) >= 11 is 0. The molecule has 1 aromatic rings. The molecule has 1 fully saturated rings. The van der Waals surface area contributed by atoms with Crippen LogP contribution in [0.15, 0.2) is 18.2 Å². The topological polar surface area (TPSA) is 21.3 Å². The average molecular weight is 223 g/mol. The normalized spacial score (nSPS) is 24.9. The zero-order valence-corrected chi connectivity index (χ0v) is 9.79. The van der Waals surface area contributed by atoms with E-state index in [2.05, 4.69) is 5.32 Å². The lowest BCUT2D eigenvalue weighted by Crippen LogP contribution is -2.21. The Morgan fingerprint density at radius 1 is 1.50 bits per heavy atom. The van der Waals surface area contributed by atoms with Gasteiger partial charge in [0.2, 0.25) is 0 Å². The number of hydrogen-bond acceptors (Lipinski definition) is 2. The lowest BCUT2D eigenvalue weighted by Gasteiger charge is -2.19. The number of rotatable bonds is 3. The largest absolute Gasteiger partial charge is 0.373 e. The number of aryl methyl sites for hydroxylation is 1. The van der Waals surface area contributed by atoms with Gasteiger partial charge < -0.3 is 10.1 Å². The van der Waals surface area contributed by atoms with Crippen molar-refractivity contribution in [2.45, 2.75) is 19.4 Å². The molecule has 16 heavy (non-hydrogen) atoms. The zero-order chi connectivity index (χ0) is 11.5. The van der Waals surface area contributed by atoms with E-state index in [1.807, 2.05) is 19.2 Å². The summed E-state index contributed by atoms with van der Waals surface area (Å²) in [4.78, 5) is 0. The predicted octanol–water partition coefficient (Wildman–Crippen LogP) is 2.43. The molecule has 1 aromatic carbocycles. The molecule has 2 rings (SSSR count). The van der Waals surface area contributed by atoms with Crippen molar-refractivity contribution in [3.63, 3.8) is 0 Å². The highest BCUT2D eigenvalue weighted by Crippen LogP contribution is 2.34. The first kappa shape index (κ1) is 11.6. The Labute approximate surface area is 95.8 Å². The van der Waals surface area contributed by atoms with Crippen molar-refractivity contribution in [2.75, 3.05) is 20.2 Å². The molecule has 88 valence electrons. The van der Waals surface area contributed by atoms with Gasteiger partial charge in [-0.2, -0.15) is 0 Å². The van der Waals surface area contributed by atoms with Crippen molar-refractivity contribution in [2.24, 2.45) is 5.92 Å². The first-order chi connectivity index (χ1) is 7.72. The molecule has 2 unspecified atom stereocenters.